The largest absolute Gasteiger partial charge is 0.673 e. The van der Waals surface area contributed by atoms with Crippen molar-refractivity contribution in [3.63, 3.8) is 0 Å². The van der Waals surface area contributed by atoms with Gasteiger partial charge in [-0.2, -0.15) is 0 Å². The van der Waals surface area contributed by atoms with Gasteiger partial charge >= 0.3 is 7.25 Å². The highest BCUT2D eigenvalue weighted by molar-refractivity contribution is 7.63. The Kier molecular flexibility index (Phi) is 7.79. The van der Waals surface area contributed by atoms with Gasteiger partial charge in [-0.3, -0.25) is 0 Å². The average Bonchev–Trinajstić information content (AvgIpc) is 2.89. The lowest BCUT2D eigenvalue weighted by Gasteiger charge is -2.10. The second kappa shape index (κ2) is 11.2. The number of hydrogen-bond acceptors (Lipinski definition) is 0. The minimum absolute atomic E-state index is 0.662. The molecule has 174 valence electrons. The van der Waals surface area contributed by atoms with Gasteiger partial charge in [0.05, 0.1) is 0 Å². The van der Waals surface area contributed by atoms with Crippen LogP contribution in [0.25, 0.3) is 38.1 Å². The van der Waals surface area contributed by atoms with Crippen molar-refractivity contribution < 1.29 is 17.3 Å². The van der Waals surface area contributed by atoms with E-state index in [-0.39, 0.29) is 0 Å². The van der Waals surface area contributed by atoms with Gasteiger partial charge in [0.2, 0.25) is 0 Å². The molecule has 0 amide bonds. The molecule has 5 aromatic rings. The molecule has 0 nitrogen and oxygen atoms in total. The Hall–Kier alpha value is -3.69. The Labute approximate surface area is 203 Å². The van der Waals surface area contributed by atoms with Crippen LogP contribution in [-0.4, -0.2) is 7.25 Å². The smallest absolute Gasteiger partial charge is 0.418 e. The lowest BCUT2D eigenvalue weighted by molar-refractivity contribution is 0.368. The van der Waals surface area contributed by atoms with Crippen LogP contribution in [0, 0.1) is 0 Å². The molecular formula is C29H22BF4P. The maximum absolute atomic E-state index is 9.75. The summed E-state index contributed by atoms with van der Waals surface area (Å²) in [4.78, 5) is 0. The Morgan fingerprint density at radius 1 is 0.400 bits per heavy atom. The average molecular weight is 488 g/mol. The van der Waals surface area contributed by atoms with E-state index in [1.54, 1.807) is 0 Å². The highest BCUT2D eigenvalue weighted by atomic mass is 31.1. The molecule has 0 saturated carbocycles. The highest BCUT2D eigenvalue weighted by Gasteiger charge is 2.27. The molecule has 0 aliphatic rings. The van der Waals surface area contributed by atoms with Crippen molar-refractivity contribution in [3.8, 4) is 38.1 Å². The first-order valence-electron chi connectivity index (χ1n) is 11.1. The molecule has 4 aromatic carbocycles. The van der Waals surface area contributed by atoms with Gasteiger partial charge in [0.15, 0.2) is 23.4 Å². The van der Waals surface area contributed by atoms with Crippen LogP contribution in [0.4, 0.5) is 17.3 Å². The summed E-state index contributed by atoms with van der Waals surface area (Å²) in [5, 5.41) is 4.18. The molecule has 0 spiro atoms. The van der Waals surface area contributed by atoms with E-state index in [9.17, 15) is 17.3 Å². The Morgan fingerprint density at radius 2 is 0.714 bits per heavy atom. The molecule has 1 heterocycles. The van der Waals surface area contributed by atoms with Crippen molar-refractivity contribution in [2.45, 2.75) is 0 Å². The van der Waals surface area contributed by atoms with E-state index in [2.05, 4.69) is 133 Å². The molecule has 0 N–H and O–H groups in total. The second-order valence-corrected chi connectivity index (χ2v) is 9.93. The predicted molar refractivity (Wildman–Crippen MR) is 141 cm³/mol. The summed E-state index contributed by atoms with van der Waals surface area (Å²) in [6.07, 6.45) is 0. The SMILES string of the molecule is F[B-](F)(F)F.c1ccc(-c2cc(-c3ccccc3)[p+](-c3ccccc3)c(-c3ccccc3)c2)cc1. The second-order valence-electron chi connectivity index (χ2n) is 7.78. The number of benzene rings is 4. The zero-order valence-electron chi connectivity index (χ0n) is 18.7. The van der Waals surface area contributed by atoms with Crippen LogP contribution in [0.15, 0.2) is 133 Å². The molecule has 0 radical (unpaired) electrons. The molecule has 0 saturated heterocycles. The van der Waals surface area contributed by atoms with Crippen molar-refractivity contribution in [2.75, 3.05) is 0 Å². The number of halogens is 4. The third kappa shape index (κ3) is 6.68. The minimum Gasteiger partial charge on any atom is -0.418 e. The van der Waals surface area contributed by atoms with Crippen LogP contribution in [-0.2, 0) is 0 Å². The summed E-state index contributed by atoms with van der Waals surface area (Å²) in [7, 11) is -6.66. The highest BCUT2D eigenvalue weighted by Crippen LogP contribution is 2.56. The van der Waals surface area contributed by atoms with Crippen molar-refractivity contribution in [1.82, 2.24) is 0 Å². The lowest BCUT2D eigenvalue weighted by Crippen LogP contribution is -2.02. The van der Waals surface area contributed by atoms with E-state index < -0.39 is 14.8 Å². The number of hydrogen-bond donors (Lipinski definition) is 0. The topological polar surface area (TPSA) is 0 Å². The zero-order chi connectivity index (χ0) is 24.7. The minimum atomic E-state index is -6.00. The standard InChI is InChI=1S/C29H22P.BF4/c1-5-13-23(14-6-1)26-21-28(24-15-7-2-8-16-24)30(27-19-11-4-12-20-27)29(22-26)25-17-9-3-10-18-25;2-1(3,4)5/h1-22H;/q+1;-1. The Bertz CT molecular complexity index is 1290. The lowest BCUT2D eigenvalue weighted by atomic mass is 10.0. The third-order valence-corrected chi connectivity index (χ3v) is 7.88. The summed E-state index contributed by atoms with van der Waals surface area (Å²) in [6.45, 7) is 0. The normalized spacial score (nSPS) is 10.9. The van der Waals surface area contributed by atoms with Gasteiger partial charge in [-0.05, 0) is 35.4 Å². The molecule has 0 atom stereocenters. The van der Waals surface area contributed by atoms with Crippen molar-refractivity contribution in [3.05, 3.63) is 133 Å². The molecule has 35 heavy (non-hydrogen) atoms. The Morgan fingerprint density at radius 3 is 1.09 bits per heavy atom. The fourth-order valence-electron chi connectivity index (χ4n) is 3.89. The van der Waals surface area contributed by atoms with E-state index in [0.29, 0.717) is 0 Å². The van der Waals surface area contributed by atoms with Gasteiger partial charge in [0.1, 0.15) is 0 Å². The van der Waals surface area contributed by atoms with E-state index in [4.69, 9.17) is 0 Å². The monoisotopic (exact) mass is 488 g/mol. The van der Waals surface area contributed by atoms with Gasteiger partial charge in [-0.25, -0.2) is 0 Å². The molecule has 6 heteroatoms. The number of rotatable bonds is 4. The third-order valence-electron chi connectivity index (χ3n) is 5.33. The fourth-order valence-corrected chi connectivity index (χ4v) is 6.53. The van der Waals surface area contributed by atoms with Crippen LogP contribution >= 0.6 is 7.53 Å². The first-order valence-corrected chi connectivity index (χ1v) is 12.4. The predicted octanol–water partition coefficient (Wildman–Crippen LogP) is 10.2. The molecule has 0 fully saturated rings. The summed E-state index contributed by atoms with van der Waals surface area (Å²) in [5.41, 5.74) is 5.11. The van der Waals surface area contributed by atoms with Crippen molar-refractivity contribution >= 4 is 14.8 Å². The van der Waals surface area contributed by atoms with E-state index in [1.165, 1.54) is 38.1 Å². The molecule has 5 rings (SSSR count). The zero-order valence-corrected chi connectivity index (χ0v) is 19.6. The van der Waals surface area contributed by atoms with E-state index in [0.717, 1.165) is 0 Å². The molecule has 1 aromatic heterocycles. The quantitative estimate of drug-likeness (QED) is 0.174. The molecule has 0 bridgehead atoms. The van der Waals surface area contributed by atoms with Gasteiger partial charge in [-0.1, -0.05) is 109 Å². The first kappa shape index (κ1) is 24.4. The van der Waals surface area contributed by atoms with Crippen molar-refractivity contribution in [2.24, 2.45) is 0 Å². The fraction of sp³-hybridized carbons (Fsp3) is 0. The van der Waals surface area contributed by atoms with Crippen LogP contribution < -0.4 is 0 Å². The summed E-state index contributed by atoms with van der Waals surface area (Å²) >= 11 is 0. The van der Waals surface area contributed by atoms with E-state index in [1.807, 2.05) is 0 Å². The van der Waals surface area contributed by atoms with E-state index >= 15 is 0 Å². The maximum atomic E-state index is 9.75. The molecule has 0 unspecified atom stereocenters. The van der Waals surface area contributed by atoms with Gasteiger partial charge in [-0.15, -0.1) is 0 Å². The van der Waals surface area contributed by atoms with Gasteiger partial charge in [0.25, 0.3) is 0 Å². The first-order chi connectivity index (χ1) is 16.9. The van der Waals surface area contributed by atoms with Crippen LogP contribution in [0.5, 0.6) is 0 Å². The van der Waals surface area contributed by atoms with Crippen LogP contribution in [0.1, 0.15) is 0 Å². The summed E-state index contributed by atoms with van der Waals surface area (Å²) < 4.78 is 39.0. The summed E-state index contributed by atoms with van der Waals surface area (Å²) in [5.74, 6) is 0. The molecule has 0 aliphatic heterocycles. The maximum Gasteiger partial charge on any atom is 0.673 e. The van der Waals surface area contributed by atoms with Crippen molar-refractivity contribution in [1.29, 1.82) is 0 Å². The van der Waals surface area contributed by atoms with Gasteiger partial charge in [0, 0.05) is 11.1 Å². The molecule has 0 aliphatic carbocycles. The van der Waals surface area contributed by atoms with Crippen LogP contribution in [0.2, 0.25) is 0 Å². The van der Waals surface area contributed by atoms with Gasteiger partial charge < -0.3 is 17.3 Å². The Balaban J connectivity index is 0.000000527. The summed E-state index contributed by atoms with van der Waals surface area (Å²) in [6, 6.07) is 48.1. The van der Waals surface area contributed by atoms with Crippen LogP contribution in [0.3, 0.4) is 0 Å². The molecular weight excluding hydrogens is 466 g/mol.